The standard InChI is InChI=1S/C32H57N5O9/c1-9-11-12-13-14-24-20(6)32(45)37(8)23(15-18(3)4)29(42)35-26(19(5)10-2)31(44)34-22(17-38)28(41)36-27(21(7)39)30(43)33-16-25(40)46-24/h18-24,26-27,38-39H,9-17H2,1-8H3,(H,33,43)(H,34,44)(H,35,42)(H,36,41)/t19-,20-,21+,22-,23+,24-,26+,27+/m1/s1. The number of amides is 5. The Hall–Kier alpha value is -3.26. The lowest BCUT2D eigenvalue weighted by Crippen LogP contribution is -2.61. The summed E-state index contributed by atoms with van der Waals surface area (Å²) in [7, 11) is 1.50. The third-order valence-electron chi connectivity index (χ3n) is 8.46. The maximum Gasteiger partial charge on any atom is 0.325 e. The van der Waals surface area contributed by atoms with Crippen molar-refractivity contribution in [3.8, 4) is 0 Å². The second kappa shape index (κ2) is 20.1. The molecule has 0 aromatic carbocycles. The highest BCUT2D eigenvalue weighted by molar-refractivity contribution is 5.96. The Kier molecular flexibility index (Phi) is 17.8. The summed E-state index contributed by atoms with van der Waals surface area (Å²) in [5.41, 5.74) is 0. The van der Waals surface area contributed by atoms with Crippen LogP contribution in [0.15, 0.2) is 0 Å². The molecule has 1 aliphatic rings. The molecule has 6 N–H and O–H groups in total. The molecule has 0 aromatic heterocycles. The minimum atomic E-state index is -1.53. The van der Waals surface area contributed by atoms with Crippen molar-refractivity contribution in [3.05, 3.63) is 0 Å². The molecule has 1 saturated heterocycles. The Morgan fingerprint density at radius 2 is 1.50 bits per heavy atom. The molecule has 0 bridgehead atoms. The molecule has 1 fully saturated rings. The van der Waals surface area contributed by atoms with E-state index in [0.717, 1.165) is 19.3 Å². The average molecular weight is 656 g/mol. The van der Waals surface area contributed by atoms with Gasteiger partial charge in [-0.3, -0.25) is 28.8 Å². The number of ether oxygens (including phenoxy) is 1. The van der Waals surface area contributed by atoms with Crippen molar-refractivity contribution >= 4 is 35.5 Å². The van der Waals surface area contributed by atoms with E-state index in [1.54, 1.807) is 13.8 Å². The van der Waals surface area contributed by atoms with Gasteiger partial charge in [0.05, 0.1) is 18.6 Å². The first kappa shape index (κ1) is 40.8. The van der Waals surface area contributed by atoms with Gasteiger partial charge in [0, 0.05) is 7.05 Å². The Morgan fingerprint density at radius 1 is 0.870 bits per heavy atom. The van der Waals surface area contributed by atoms with Gasteiger partial charge in [-0.1, -0.05) is 67.2 Å². The number of aliphatic hydroxyl groups is 2. The van der Waals surface area contributed by atoms with E-state index in [0.29, 0.717) is 19.3 Å². The van der Waals surface area contributed by atoms with E-state index in [-0.39, 0.29) is 12.3 Å². The van der Waals surface area contributed by atoms with Crippen LogP contribution in [-0.4, -0.2) is 107 Å². The molecule has 0 spiro atoms. The van der Waals surface area contributed by atoms with Crippen LogP contribution in [0.4, 0.5) is 0 Å². The molecule has 1 rings (SSSR count). The quantitative estimate of drug-likeness (QED) is 0.134. The van der Waals surface area contributed by atoms with E-state index in [9.17, 15) is 39.0 Å². The van der Waals surface area contributed by atoms with Crippen LogP contribution < -0.4 is 21.3 Å². The van der Waals surface area contributed by atoms with E-state index >= 15 is 0 Å². The summed E-state index contributed by atoms with van der Waals surface area (Å²) in [6.45, 7) is 10.9. The second-order valence-corrected chi connectivity index (χ2v) is 12.8. The highest BCUT2D eigenvalue weighted by Gasteiger charge is 2.38. The van der Waals surface area contributed by atoms with Crippen LogP contribution in [-0.2, 0) is 33.5 Å². The second-order valence-electron chi connectivity index (χ2n) is 12.8. The summed E-state index contributed by atoms with van der Waals surface area (Å²) in [6.07, 6.45) is 2.37. The smallest absolute Gasteiger partial charge is 0.325 e. The summed E-state index contributed by atoms with van der Waals surface area (Å²) in [4.78, 5) is 81.3. The number of unbranched alkanes of at least 4 members (excludes halogenated alkanes) is 3. The SMILES string of the molecule is CCCCCC[C@H]1OC(=O)CNC(=O)[C@H]([C@H](C)O)NC(=O)[C@@H](CO)NC(=O)[C@H]([C@H](C)CC)NC(=O)[C@H](CC(C)C)N(C)C(=O)[C@@H]1C. The summed E-state index contributed by atoms with van der Waals surface area (Å²) < 4.78 is 5.71. The van der Waals surface area contributed by atoms with E-state index in [2.05, 4.69) is 28.2 Å². The summed E-state index contributed by atoms with van der Waals surface area (Å²) in [5.74, 6) is -5.66. The van der Waals surface area contributed by atoms with E-state index in [1.165, 1.54) is 18.9 Å². The van der Waals surface area contributed by atoms with Gasteiger partial charge in [0.15, 0.2) is 0 Å². The molecule has 0 aromatic rings. The normalized spacial score (nSPS) is 27.8. The van der Waals surface area contributed by atoms with Gasteiger partial charge < -0.3 is 41.1 Å². The molecule has 8 atom stereocenters. The predicted molar refractivity (Wildman–Crippen MR) is 171 cm³/mol. The van der Waals surface area contributed by atoms with Gasteiger partial charge >= 0.3 is 5.97 Å². The number of nitrogens with zero attached hydrogens (tertiary/aromatic N) is 1. The minimum Gasteiger partial charge on any atom is -0.460 e. The molecular weight excluding hydrogens is 598 g/mol. The lowest BCUT2D eigenvalue weighted by Gasteiger charge is -2.34. The van der Waals surface area contributed by atoms with Crippen LogP contribution in [0.3, 0.4) is 0 Å². The highest BCUT2D eigenvalue weighted by Crippen LogP contribution is 2.22. The molecule has 46 heavy (non-hydrogen) atoms. The summed E-state index contributed by atoms with van der Waals surface area (Å²) in [5, 5.41) is 30.0. The topological polar surface area (TPSA) is 203 Å². The van der Waals surface area contributed by atoms with Crippen LogP contribution in [0.1, 0.15) is 93.4 Å². The van der Waals surface area contributed by atoms with Crippen LogP contribution >= 0.6 is 0 Å². The van der Waals surface area contributed by atoms with Crippen molar-refractivity contribution in [1.29, 1.82) is 0 Å². The molecule has 264 valence electrons. The third kappa shape index (κ3) is 12.5. The number of nitrogens with one attached hydrogen (secondary N) is 4. The Bertz CT molecular complexity index is 1040. The number of aliphatic hydroxyl groups excluding tert-OH is 2. The number of cyclic esters (lactones) is 1. The fraction of sp³-hybridized carbons (Fsp3) is 0.812. The third-order valence-corrected chi connectivity index (χ3v) is 8.46. The van der Waals surface area contributed by atoms with Gasteiger partial charge in [-0.05, 0) is 38.0 Å². The number of hydrogen-bond donors (Lipinski definition) is 6. The number of rotatable bonds is 11. The fourth-order valence-electron chi connectivity index (χ4n) is 5.25. The van der Waals surface area contributed by atoms with Gasteiger partial charge in [-0.2, -0.15) is 0 Å². The largest absolute Gasteiger partial charge is 0.460 e. The van der Waals surface area contributed by atoms with Gasteiger partial charge in [-0.25, -0.2) is 0 Å². The van der Waals surface area contributed by atoms with Crippen molar-refractivity contribution in [2.45, 2.75) is 130 Å². The van der Waals surface area contributed by atoms with E-state index in [4.69, 9.17) is 4.74 Å². The molecule has 0 radical (unpaired) electrons. The molecule has 14 heteroatoms. The monoisotopic (exact) mass is 655 g/mol. The van der Waals surface area contributed by atoms with Crippen molar-refractivity contribution < 1.29 is 43.7 Å². The van der Waals surface area contributed by atoms with E-state index in [1.807, 2.05) is 20.8 Å². The summed E-state index contributed by atoms with van der Waals surface area (Å²) in [6, 6.07) is -5.15. The zero-order chi connectivity index (χ0) is 35.1. The van der Waals surface area contributed by atoms with Crippen molar-refractivity contribution in [3.63, 3.8) is 0 Å². The molecule has 1 aliphatic heterocycles. The maximum absolute atomic E-state index is 13.9. The zero-order valence-electron chi connectivity index (χ0n) is 28.8. The molecular formula is C32H57N5O9. The fourth-order valence-corrected chi connectivity index (χ4v) is 5.25. The van der Waals surface area contributed by atoms with Crippen LogP contribution in [0.2, 0.25) is 0 Å². The Morgan fingerprint density at radius 3 is 2.04 bits per heavy atom. The predicted octanol–water partition coefficient (Wildman–Crippen LogP) is 0.381. The van der Waals surface area contributed by atoms with Crippen molar-refractivity contribution in [1.82, 2.24) is 26.2 Å². The van der Waals surface area contributed by atoms with Gasteiger partial charge in [-0.15, -0.1) is 0 Å². The van der Waals surface area contributed by atoms with Crippen LogP contribution in [0, 0.1) is 17.8 Å². The molecule has 1 heterocycles. The first-order valence-corrected chi connectivity index (χ1v) is 16.5. The first-order chi connectivity index (χ1) is 21.6. The zero-order valence-corrected chi connectivity index (χ0v) is 28.8. The van der Waals surface area contributed by atoms with Crippen LogP contribution in [0.25, 0.3) is 0 Å². The molecule has 14 nitrogen and oxygen atoms in total. The number of likely N-dealkylation sites (N-methyl/N-ethyl adjacent to an activating group) is 1. The summed E-state index contributed by atoms with van der Waals surface area (Å²) >= 11 is 0. The van der Waals surface area contributed by atoms with Crippen LogP contribution in [0.5, 0.6) is 0 Å². The number of hydrogen-bond acceptors (Lipinski definition) is 9. The molecule has 0 unspecified atom stereocenters. The van der Waals surface area contributed by atoms with Crippen molar-refractivity contribution in [2.24, 2.45) is 17.8 Å². The lowest BCUT2D eigenvalue weighted by molar-refractivity contribution is -0.157. The highest BCUT2D eigenvalue weighted by atomic mass is 16.5. The number of carbonyl (C=O) groups excluding carboxylic acids is 6. The molecule has 5 amide bonds. The number of carbonyl (C=O) groups is 6. The van der Waals surface area contributed by atoms with Gasteiger partial charge in [0.25, 0.3) is 0 Å². The lowest BCUT2D eigenvalue weighted by atomic mass is 9.94. The maximum atomic E-state index is 13.9. The number of esters is 1. The first-order valence-electron chi connectivity index (χ1n) is 16.5. The minimum absolute atomic E-state index is 0.00519. The molecule has 0 saturated carbocycles. The van der Waals surface area contributed by atoms with Gasteiger partial charge in [0.2, 0.25) is 29.5 Å². The Labute approximate surface area is 273 Å². The van der Waals surface area contributed by atoms with Crippen molar-refractivity contribution in [2.75, 3.05) is 20.2 Å². The van der Waals surface area contributed by atoms with Gasteiger partial charge in [0.1, 0.15) is 36.8 Å². The van der Waals surface area contributed by atoms with E-state index < -0.39 is 96.9 Å². The Balaban J connectivity index is 3.62. The molecule has 0 aliphatic carbocycles. The average Bonchev–Trinajstić information content (AvgIpc) is 3.01.